The van der Waals surface area contributed by atoms with Crippen molar-refractivity contribution in [2.75, 3.05) is 17.1 Å². The van der Waals surface area contributed by atoms with Gasteiger partial charge in [0.1, 0.15) is 12.6 Å². The summed E-state index contributed by atoms with van der Waals surface area (Å²) in [4.78, 5) is 27.3. The highest BCUT2D eigenvalue weighted by atomic mass is 79.9. The fourth-order valence-corrected chi connectivity index (χ4v) is 4.86. The standard InChI is InChI=1S/C23H26BrClF3N3O4S/c1-14(2)29-22(33)15(3)30(12-16-6-5-7-18(24)10-16)21(32)13-31(36(4,34)35)20-11-17(23(26,27)28)8-9-19(20)25/h5-11,14-15H,12-13H2,1-4H3,(H,29,33)/t15-/m0/s1. The molecule has 0 saturated heterocycles. The van der Waals surface area contributed by atoms with Crippen molar-refractivity contribution in [1.29, 1.82) is 0 Å². The summed E-state index contributed by atoms with van der Waals surface area (Å²) in [6, 6.07) is 7.91. The number of sulfonamides is 1. The summed E-state index contributed by atoms with van der Waals surface area (Å²) in [6.07, 6.45) is -4.01. The zero-order valence-electron chi connectivity index (χ0n) is 19.9. The normalized spacial score (nSPS) is 12.8. The van der Waals surface area contributed by atoms with Gasteiger partial charge in [-0.05, 0) is 56.7 Å². The van der Waals surface area contributed by atoms with E-state index in [4.69, 9.17) is 11.6 Å². The molecule has 198 valence electrons. The first-order valence-electron chi connectivity index (χ1n) is 10.7. The molecule has 0 heterocycles. The maximum absolute atomic E-state index is 13.5. The molecular formula is C23H26BrClF3N3O4S. The number of hydrogen-bond donors (Lipinski definition) is 1. The van der Waals surface area contributed by atoms with E-state index in [0.29, 0.717) is 22.0 Å². The Bertz CT molecular complexity index is 1230. The molecule has 0 spiro atoms. The lowest BCUT2D eigenvalue weighted by Crippen LogP contribution is -2.52. The van der Waals surface area contributed by atoms with Crippen LogP contribution in [0.25, 0.3) is 0 Å². The van der Waals surface area contributed by atoms with E-state index < -0.39 is 51.9 Å². The number of halogens is 5. The third-order valence-electron chi connectivity index (χ3n) is 5.06. The smallest absolute Gasteiger partial charge is 0.352 e. The minimum absolute atomic E-state index is 0.0567. The van der Waals surface area contributed by atoms with Crippen LogP contribution >= 0.6 is 27.5 Å². The molecule has 0 aliphatic heterocycles. The lowest BCUT2D eigenvalue weighted by Gasteiger charge is -2.32. The summed E-state index contributed by atoms with van der Waals surface area (Å²) in [5, 5.41) is 2.42. The molecule has 36 heavy (non-hydrogen) atoms. The topological polar surface area (TPSA) is 86.8 Å². The summed E-state index contributed by atoms with van der Waals surface area (Å²) in [5.74, 6) is -1.28. The molecule has 2 aromatic rings. The van der Waals surface area contributed by atoms with Crippen molar-refractivity contribution in [2.45, 2.75) is 45.6 Å². The van der Waals surface area contributed by atoms with Crippen LogP contribution in [0.1, 0.15) is 31.9 Å². The van der Waals surface area contributed by atoms with Crippen molar-refractivity contribution >= 4 is 55.1 Å². The van der Waals surface area contributed by atoms with Gasteiger partial charge in [0.05, 0.1) is 22.5 Å². The minimum Gasteiger partial charge on any atom is -0.352 e. The molecule has 1 atom stereocenters. The van der Waals surface area contributed by atoms with Gasteiger partial charge in [0.2, 0.25) is 21.8 Å². The number of anilines is 1. The van der Waals surface area contributed by atoms with Crippen molar-refractivity contribution in [1.82, 2.24) is 10.2 Å². The first-order chi connectivity index (χ1) is 16.5. The van der Waals surface area contributed by atoms with Gasteiger partial charge in [0, 0.05) is 17.1 Å². The van der Waals surface area contributed by atoms with E-state index in [9.17, 15) is 31.2 Å². The molecule has 1 N–H and O–H groups in total. The first-order valence-corrected chi connectivity index (χ1v) is 13.7. The maximum atomic E-state index is 13.5. The summed E-state index contributed by atoms with van der Waals surface area (Å²) in [6.45, 7) is 4.04. The fourth-order valence-electron chi connectivity index (χ4n) is 3.29. The van der Waals surface area contributed by atoms with Crippen molar-refractivity contribution in [3.8, 4) is 0 Å². The molecule has 2 amide bonds. The van der Waals surface area contributed by atoms with Crippen molar-refractivity contribution in [2.24, 2.45) is 0 Å². The van der Waals surface area contributed by atoms with E-state index in [0.717, 1.165) is 16.8 Å². The molecule has 0 radical (unpaired) electrons. The molecular weight excluding hydrogens is 587 g/mol. The van der Waals surface area contributed by atoms with Gasteiger partial charge in [0.25, 0.3) is 0 Å². The van der Waals surface area contributed by atoms with Crippen LogP contribution in [0, 0.1) is 0 Å². The number of carbonyl (C=O) groups excluding carboxylic acids is 2. The molecule has 0 aromatic heterocycles. The lowest BCUT2D eigenvalue weighted by atomic mass is 10.1. The van der Waals surface area contributed by atoms with Crippen LogP contribution < -0.4 is 9.62 Å². The van der Waals surface area contributed by atoms with E-state index in [1.165, 1.54) is 11.8 Å². The number of hydrogen-bond acceptors (Lipinski definition) is 4. The highest BCUT2D eigenvalue weighted by Gasteiger charge is 2.34. The molecule has 0 fully saturated rings. The van der Waals surface area contributed by atoms with E-state index in [1.54, 1.807) is 38.1 Å². The van der Waals surface area contributed by atoms with Gasteiger partial charge >= 0.3 is 6.18 Å². The van der Waals surface area contributed by atoms with Crippen LogP contribution in [0.2, 0.25) is 5.02 Å². The van der Waals surface area contributed by atoms with Gasteiger partial charge in [-0.3, -0.25) is 13.9 Å². The quantitative estimate of drug-likeness (QED) is 0.440. The largest absolute Gasteiger partial charge is 0.416 e. The third-order valence-corrected chi connectivity index (χ3v) is 7.00. The highest BCUT2D eigenvalue weighted by Crippen LogP contribution is 2.36. The van der Waals surface area contributed by atoms with Crippen LogP contribution in [-0.4, -0.2) is 50.0 Å². The van der Waals surface area contributed by atoms with Crippen LogP contribution in [0.3, 0.4) is 0 Å². The van der Waals surface area contributed by atoms with E-state index >= 15 is 0 Å². The van der Waals surface area contributed by atoms with E-state index in [1.807, 2.05) is 0 Å². The monoisotopic (exact) mass is 611 g/mol. The maximum Gasteiger partial charge on any atom is 0.416 e. The Hall–Kier alpha value is -2.31. The Morgan fingerprint density at radius 2 is 1.75 bits per heavy atom. The molecule has 0 saturated carbocycles. The zero-order valence-corrected chi connectivity index (χ0v) is 23.1. The number of nitrogens with one attached hydrogen (secondary N) is 1. The van der Waals surface area contributed by atoms with Crippen LogP contribution in [0.5, 0.6) is 0 Å². The SMILES string of the molecule is CC(C)NC(=O)[C@H](C)N(Cc1cccc(Br)c1)C(=O)CN(c1cc(C(F)(F)F)ccc1Cl)S(C)(=O)=O. The summed E-state index contributed by atoms with van der Waals surface area (Å²) in [5.41, 5.74) is -0.979. The average Bonchev–Trinajstić information content (AvgIpc) is 2.73. The molecule has 0 bridgehead atoms. The molecule has 0 aliphatic rings. The highest BCUT2D eigenvalue weighted by molar-refractivity contribution is 9.10. The Morgan fingerprint density at radius 3 is 2.28 bits per heavy atom. The zero-order chi connectivity index (χ0) is 27.4. The van der Waals surface area contributed by atoms with Gasteiger partial charge in [-0.2, -0.15) is 13.2 Å². The molecule has 0 unspecified atom stereocenters. The van der Waals surface area contributed by atoms with Crippen LogP contribution in [0.4, 0.5) is 18.9 Å². The average molecular weight is 613 g/mol. The van der Waals surface area contributed by atoms with Crippen molar-refractivity contribution < 1.29 is 31.2 Å². The van der Waals surface area contributed by atoms with Gasteiger partial charge in [-0.1, -0.05) is 39.7 Å². The molecule has 2 rings (SSSR count). The minimum atomic E-state index is -4.76. The molecule has 7 nitrogen and oxygen atoms in total. The second-order valence-corrected chi connectivity index (χ2v) is 11.7. The Balaban J connectivity index is 2.50. The number of rotatable bonds is 9. The molecule has 0 aliphatic carbocycles. The van der Waals surface area contributed by atoms with Gasteiger partial charge in [-0.25, -0.2) is 8.42 Å². The Labute approximate surface area is 221 Å². The number of carbonyl (C=O) groups is 2. The lowest BCUT2D eigenvalue weighted by molar-refractivity contribution is -0.139. The van der Waals surface area contributed by atoms with Crippen LogP contribution in [-0.2, 0) is 32.3 Å². The predicted octanol–water partition coefficient (Wildman–Crippen LogP) is 4.83. The second-order valence-electron chi connectivity index (χ2n) is 8.42. The third kappa shape index (κ3) is 8.10. The van der Waals surface area contributed by atoms with Gasteiger partial charge in [-0.15, -0.1) is 0 Å². The fraction of sp³-hybridized carbons (Fsp3) is 0.391. The Kier molecular flexibility index (Phi) is 9.83. The van der Waals surface area contributed by atoms with E-state index in [-0.39, 0.29) is 17.6 Å². The first kappa shape index (κ1) is 29.9. The summed E-state index contributed by atoms with van der Waals surface area (Å²) < 4.78 is 66.3. The summed E-state index contributed by atoms with van der Waals surface area (Å²) >= 11 is 9.40. The number of benzene rings is 2. The molecule has 13 heteroatoms. The van der Waals surface area contributed by atoms with Crippen molar-refractivity contribution in [3.63, 3.8) is 0 Å². The number of nitrogens with zero attached hydrogens (tertiary/aromatic N) is 2. The molecule has 2 aromatic carbocycles. The van der Waals surface area contributed by atoms with E-state index in [2.05, 4.69) is 21.2 Å². The Morgan fingerprint density at radius 1 is 1.11 bits per heavy atom. The number of amides is 2. The second kappa shape index (κ2) is 11.8. The van der Waals surface area contributed by atoms with Crippen LogP contribution in [0.15, 0.2) is 46.9 Å². The van der Waals surface area contributed by atoms with Gasteiger partial charge < -0.3 is 10.2 Å². The summed E-state index contributed by atoms with van der Waals surface area (Å²) in [7, 11) is -4.25. The van der Waals surface area contributed by atoms with Gasteiger partial charge in [0.15, 0.2) is 0 Å². The van der Waals surface area contributed by atoms with Crippen molar-refractivity contribution in [3.05, 3.63) is 63.1 Å². The number of alkyl halides is 3. The predicted molar refractivity (Wildman–Crippen MR) is 136 cm³/mol.